The molecule has 1 atom stereocenters. The molecule has 2 saturated carbocycles. The minimum absolute atomic E-state index is 0.104. The summed E-state index contributed by atoms with van der Waals surface area (Å²) in [6.07, 6.45) is 4.39. The number of hydrogen-bond acceptors (Lipinski definition) is 2. The first-order valence-corrected chi connectivity index (χ1v) is 7.82. The highest BCUT2D eigenvalue weighted by molar-refractivity contribution is 6.31. The summed E-state index contributed by atoms with van der Waals surface area (Å²) in [7, 11) is 0. The first-order chi connectivity index (χ1) is 9.63. The molecule has 0 spiro atoms. The second-order valence-corrected chi connectivity index (χ2v) is 6.47. The molecular weight excluding hydrogens is 272 g/mol. The Bertz CT molecular complexity index is 495. The van der Waals surface area contributed by atoms with E-state index in [-0.39, 0.29) is 11.9 Å². The van der Waals surface area contributed by atoms with Gasteiger partial charge in [0.2, 0.25) is 5.91 Å². The Morgan fingerprint density at radius 1 is 1.25 bits per heavy atom. The van der Waals surface area contributed by atoms with Crippen molar-refractivity contribution in [3.8, 4) is 0 Å². The molecule has 4 heteroatoms. The van der Waals surface area contributed by atoms with E-state index in [1.807, 2.05) is 25.1 Å². The van der Waals surface area contributed by atoms with Gasteiger partial charge in [-0.1, -0.05) is 29.8 Å². The summed E-state index contributed by atoms with van der Waals surface area (Å²) in [6.45, 7) is 1.94. The van der Waals surface area contributed by atoms with Gasteiger partial charge in [-0.15, -0.1) is 0 Å². The number of carbonyl (C=O) groups excluding carboxylic acids is 1. The predicted octanol–water partition coefficient (Wildman–Crippen LogP) is 2.84. The van der Waals surface area contributed by atoms with Gasteiger partial charge in [-0.05, 0) is 50.2 Å². The maximum absolute atomic E-state index is 11.9. The first kappa shape index (κ1) is 13.9. The lowest BCUT2D eigenvalue weighted by atomic mass is 9.75. The lowest BCUT2D eigenvalue weighted by Crippen LogP contribution is -2.51. The highest BCUT2D eigenvalue weighted by Gasteiger charge is 2.34. The molecule has 2 N–H and O–H groups in total. The Morgan fingerprint density at radius 3 is 2.60 bits per heavy atom. The van der Waals surface area contributed by atoms with Crippen molar-refractivity contribution in [1.29, 1.82) is 0 Å². The van der Waals surface area contributed by atoms with Crippen molar-refractivity contribution in [3.05, 3.63) is 34.9 Å². The van der Waals surface area contributed by atoms with Crippen LogP contribution < -0.4 is 10.6 Å². The van der Waals surface area contributed by atoms with Gasteiger partial charge in [0.1, 0.15) is 0 Å². The van der Waals surface area contributed by atoms with E-state index in [2.05, 4.69) is 16.7 Å². The van der Waals surface area contributed by atoms with Crippen molar-refractivity contribution < 1.29 is 4.79 Å². The molecule has 1 aromatic carbocycles. The highest BCUT2D eigenvalue weighted by Crippen LogP contribution is 2.40. The Kier molecular flexibility index (Phi) is 3.99. The van der Waals surface area contributed by atoms with E-state index < -0.39 is 0 Å². The number of halogens is 1. The van der Waals surface area contributed by atoms with Crippen LogP contribution in [0, 0.1) is 0 Å². The van der Waals surface area contributed by atoms with Gasteiger partial charge in [-0.3, -0.25) is 4.79 Å². The van der Waals surface area contributed by atoms with Crippen LogP contribution in [-0.4, -0.2) is 24.0 Å². The summed E-state index contributed by atoms with van der Waals surface area (Å²) < 4.78 is 0. The predicted molar refractivity (Wildman–Crippen MR) is 81.0 cm³/mol. The van der Waals surface area contributed by atoms with Gasteiger partial charge < -0.3 is 10.6 Å². The van der Waals surface area contributed by atoms with Gasteiger partial charge in [0.05, 0.1) is 6.04 Å². The van der Waals surface area contributed by atoms with E-state index in [0.29, 0.717) is 18.0 Å². The molecule has 1 amide bonds. The van der Waals surface area contributed by atoms with Crippen molar-refractivity contribution in [2.45, 2.75) is 56.7 Å². The summed E-state index contributed by atoms with van der Waals surface area (Å²) in [4.78, 5) is 11.9. The zero-order chi connectivity index (χ0) is 14.1. The second-order valence-electron chi connectivity index (χ2n) is 6.06. The first-order valence-electron chi connectivity index (χ1n) is 7.44. The van der Waals surface area contributed by atoms with Gasteiger partial charge in [-0.2, -0.15) is 0 Å². The lowest BCUT2D eigenvalue weighted by molar-refractivity contribution is -0.123. The molecule has 0 radical (unpaired) electrons. The molecular formula is C16H21ClN2O. The third kappa shape index (κ3) is 3.15. The summed E-state index contributed by atoms with van der Waals surface area (Å²) >= 11 is 6.22. The molecule has 0 aromatic heterocycles. The van der Waals surface area contributed by atoms with E-state index in [0.717, 1.165) is 30.7 Å². The zero-order valence-corrected chi connectivity index (χ0v) is 12.5. The minimum Gasteiger partial charge on any atom is -0.352 e. The molecule has 0 bridgehead atoms. The molecule has 3 nitrogen and oxygen atoms in total. The molecule has 2 fully saturated rings. The number of carbonyl (C=O) groups is 1. The molecule has 2 aliphatic carbocycles. The molecule has 1 aromatic rings. The van der Waals surface area contributed by atoms with Crippen LogP contribution in [0.25, 0.3) is 0 Å². The molecule has 0 saturated heterocycles. The van der Waals surface area contributed by atoms with Crippen LogP contribution in [0.2, 0.25) is 5.02 Å². The van der Waals surface area contributed by atoms with Crippen molar-refractivity contribution in [2.75, 3.05) is 0 Å². The Morgan fingerprint density at radius 2 is 1.95 bits per heavy atom. The van der Waals surface area contributed by atoms with E-state index in [9.17, 15) is 4.79 Å². The average molecular weight is 293 g/mol. The normalized spacial score (nSPS) is 26.7. The summed E-state index contributed by atoms with van der Waals surface area (Å²) in [5.74, 6) is 0.661. The molecule has 3 rings (SSSR count). The Hall–Kier alpha value is -1.06. The van der Waals surface area contributed by atoms with Crippen LogP contribution >= 0.6 is 11.6 Å². The van der Waals surface area contributed by atoms with E-state index in [4.69, 9.17) is 11.6 Å². The van der Waals surface area contributed by atoms with E-state index in [1.165, 1.54) is 5.56 Å². The van der Waals surface area contributed by atoms with Crippen LogP contribution in [0.3, 0.4) is 0 Å². The summed E-state index contributed by atoms with van der Waals surface area (Å²) in [6, 6.07) is 8.81. The van der Waals surface area contributed by atoms with Gasteiger partial charge in [-0.25, -0.2) is 0 Å². The maximum Gasteiger partial charge on any atom is 0.237 e. The van der Waals surface area contributed by atoms with Crippen LogP contribution in [-0.2, 0) is 4.79 Å². The maximum atomic E-state index is 11.9. The van der Waals surface area contributed by atoms with Crippen LogP contribution in [0.15, 0.2) is 24.3 Å². The van der Waals surface area contributed by atoms with Crippen LogP contribution in [0.5, 0.6) is 0 Å². The standard InChI is InChI=1S/C16H21ClN2O/c1-10(16(20)19-12-6-7-12)18-13-8-11(9-13)14-4-2-3-5-15(14)17/h2-5,10-13,18H,6-9H2,1H3,(H,19,20). The third-order valence-corrected chi connectivity index (χ3v) is 4.63. The van der Waals surface area contributed by atoms with Crippen molar-refractivity contribution in [3.63, 3.8) is 0 Å². The lowest BCUT2D eigenvalue weighted by Gasteiger charge is -2.38. The van der Waals surface area contributed by atoms with E-state index in [1.54, 1.807) is 0 Å². The quantitative estimate of drug-likeness (QED) is 0.876. The number of rotatable bonds is 5. The van der Waals surface area contributed by atoms with Crippen LogP contribution in [0.4, 0.5) is 0 Å². The highest BCUT2D eigenvalue weighted by atomic mass is 35.5. The van der Waals surface area contributed by atoms with Crippen LogP contribution in [0.1, 0.15) is 44.1 Å². The average Bonchev–Trinajstić information content (AvgIpc) is 3.18. The number of nitrogens with one attached hydrogen (secondary N) is 2. The minimum atomic E-state index is -0.104. The smallest absolute Gasteiger partial charge is 0.237 e. The second kappa shape index (κ2) is 5.74. The van der Waals surface area contributed by atoms with Gasteiger partial charge >= 0.3 is 0 Å². The molecule has 0 aliphatic heterocycles. The fourth-order valence-electron chi connectivity index (χ4n) is 2.80. The topological polar surface area (TPSA) is 41.1 Å². The molecule has 0 heterocycles. The largest absolute Gasteiger partial charge is 0.352 e. The summed E-state index contributed by atoms with van der Waals surface area (Å²) in [5.41, 5.74) is 1.24. The van der Waals surface area contributed by atoms with Crippen molar-refractivity contribution in [1.82, 2.24) is 10.6 Å². The zero-order valence-electron chi connectivity index (χ0n) is 11.7. The molecule has 108 valence electrons. The van der Waals surface area contributed by atoms with Crippen molar-refractivity contribution >= 4 is 17.5 Å². The van der Waals surface area contributed by atoms with E-state index >= 15 is 0 Å². The molecule has 2 aliphatic rings. The Labute approximate surface area is 125 Å². The molecule has 20 heavy (non-hydrogen) atoms. The SMILES string of the molecule is CC(NC1CC(c2ccccc2Cl)C1)C(=O)NC1CC1. The summed E-state index contributed by atoms with van der Waals surface area (Å²) in [5, 5.41) is 7.31. The number of hydrogen-bond donors (Lipinski definition) is 2. The third-order valence-electron chi connectivity index (χ3n) is 4.29. The number of benzene rings is 1. The monoisotopic (exact) mass is 292 g/mol. The molecule has 1 unspecified atom stereocenters. The van der Waals surface area contributed by atoms with Gasteiger partial charge in [0.15, 0.2) is 0 Å². The fourth-order valence-corrected chi connectivity index (χ4v) is 3.09. The van der Waals surface area contributed by atoms with Gasteiger partial charge in [0.25, 0.3) is 0 Å². The van der Waals surface area contributed by atoms with Gasteiger partial charge in [0, 0.05) is 17.1 Å². The number of amides is 1. The fraction of sp³-hybridized carbons (Fsp3) is 0.562. The Balaban J connectivity index is 1.46. The van der Waals surface area contributed by atoms with Crippen molar-refractivity contribution in [2.24, 2.45) is 0 Å².